The molecule has 3 aromatic heterocycles. The molecule has 0 aliphatic carbocycles. The van der Waals surface area contributed by atoms with Crippen LogP contribution in [0, 0.1) is 0 Å². The van der Waals surface area contributed by atoms with Crippen LogP contribution in [0.5, 0.6) is 0 Å². The van der Waals surface area contributed by atoms with Gasteiger partial charge in [-0.3, -0.25) is 14.2 Å². The molecule has 1 aliphatic rings. The van der Waals surface area contributed by atoms with Crippen LogP contribution in [0.3, 0.4) is 0 Å². The topological polar surface area (TPSA) is 100 Å². The zero-order valence-corrected chi connectivity index (χ0v) is 14.9. The summed E-state index contributed by atoms with van der Waals surface area (Å²) in [4.78, 5) is 33.6. The summed E-state index contributed by atoms with van der Waals surface area (Å²) in [6, 6.07) is 2.02. The average Bonchev–Trinajstić information content (AvgIpc) is 2.93. The summed E-state index contributed by atoms with van der Waals surface area (Å²) in [6.07, 6.45) is 3.03. The van der Waals surface area contributed by atoms with Crippen molar-refractivity contribution in [2.45, 2.75) is 45.4 Å². The van der Waals surface area contributed by atoms with E-state index in [4.69, 9.17) is 15.5 Å². The van der Waals surface area contributed by atoms with E-state index >= 15 is 0 Å². The maximum absolute atomic E-state index is 12.6. The first-order valence-corrected chi connectivity index (χ1v) is 8.94. The molecule has 0 radical (unpaired) electrons. The van der Waals surface area contributed by atoms with Crippen LogP contribution in [0.2, 0.25) is 0 Å². The Morgan fingerprint density at radius 3 is 3.04 bits per heavy atom. The van der Waals surface area contributed by atoms with E-state index in [1.54, 1.807) is 0 Å². The predicted octanol–water partition coefficient (Wildman–Crippen LogP) is 1.73. The second kappa shape index (κ2) is 5.60. The molecule has 0 spiro atoms. The molecule has 0 fully saturated rings. The Morgan fingerprint density at radius 1 is 1.52 bits per heavy atom. The number of hydrogen-bond donors (Lipinski definition) is 1. The van der Waals surface area contributed by atoms with E-state index in [2.05, 4.69) is 18.8 Å². The monoisotopic (exact) mass is 358 g/mol. The van der Waals surface area contributed by atoms with Crippen molar-refractivity contribution < 1.29 is 9.53 Å². The number of pyridine rings is 1. The smallest absolute Gasteiger partial charge is 0.271 e. The summed E-state index contributed by atoms with van der Waals surface area (Å²) in [5.41, 5.74) is 7.40. The third-order valence-electron chi connectivity index (χ3n) is 4.80. The van der Waals surface area contributed by atoms with Crippen LogP contribution in [0.25, 0.3) is 20.4 Å². The molecule has 3 aromatic rings. The standard InChI is InChI=1S/C17H18N4O3S/c1-3-17(2)5-11-9(7-24-17)4-10-13-14(25-15(10)20-11)16(23)21(8-19-13)6-12(18)22/h4,8H,3,5-7H2,1-2H3,(H2,18,22)/t17-/m1/s1. The molecule has 0 aromatic carbocycles. The van der Waals surface area contributed by atoms with Crippen molar-refractivity contribution in [3.8, 4) is 0 Å². The maximum atomic E-state index is 12.6. The van der Waals surface area contributed by atoms with E-state index in [0.29, 0.717) is 16.8 Å². The fourth-order valence-corrected chi connectivity index (χ4v) is 4.19. The highest BCUT2D eigenvalue weighted by atomic mass is 32.1. The lowest BCUT2D eigenvalue weighted by Crippen LogP contribution is -2.35. The zero-order valence-electron chi connectivity index (χ0n) is 14.0. The van der Waals surface area contributed by atoms with Gasteiger partial charge in [-0.15, -0.1) is 11.3 Å². The van der Waals surface area contributed by atoms with Gasteiger partial charge in [-0.25, -0.2) is 9.97 Å². The normalized spacial score (nSPS) is 20.1. The number of nitrogens with two attached hydrogens (primary N) is 1. The molecule has 0 unspecified atom stereocenters. The van der Waals surface area contributed by atoms with Gasteiger partial charge in [-0.2, -0.15) is 0 Å². The van der Waals surface area contributed by atoms with E-state index < -0.39 is 5.91 Å². The highest BCUT2D eigenvalue weighted by Gasteiger charge is 2.30. The number of fused-ring (bicyclic) bond motifs is 4. The Kier molecular flexibility index (Phi) is 3.62. The van der Waals surface area contributed by atoms with Crippen molar-refractivity contribution in [3.63, 3.8) is 0 Å². The summed E-state index contributed by atoms with van der Waals surface area (Å²) < 4.78 is 7.72. The quantitative estimate of drug-likeness (QED) is 0.768. The lowest BCUT2D eigenvalue weighted by Gasteiger charge is -2.33. The number of carbonyl (C=O) groups is 1. The largest absolute Gasteiger partial charge is 0.370 e. The molecule has 1 amide bonds. The van der Waals surface area contributed by atoms with Gasteiger partial charge in [0.25, 0.3) is 5.56 Å². The molecule has 25 heavy (non-hydrogen) atoms. The van der Waals surface area contributed by atoms with Crippen molar-refractivity contribution in [1.29, 1.82) is 0 Å². The number of ether oxygens (including phenoxy) is 1. The van der Waals surface area contributed by atoms with Crippen LogP contribution >= 0.6 is 11.3 Å². The Hall–Kier alpha value is -2.32. The van der Waals surface area contributed by atoms with Gasteiger partial charge in [0.05, 0.1) is 29.7 Å². The molecular weight excluding hydrogens is 340 g/mol. The molecule has 2 N–H and O–H groups in total. The molecule has 8 heteroatoms. The maximum Gasteiger partial charge on any atom is 0.271 e. The highest BCUT2D eigenvalue weighted by Crippen LogP contribution is 2.35. The number of carbonyl (C=O) groups excluding carboxylic acids is 1. The Morgan fingerprint density at radius 2 is 2.32 bits per heavy atom. The van der Waals surface area contributed by atoms with E-state index in [1.165, 1.54) is 22.2 Å². The Balaban J connectivity index is 1.90. The van der Waals surface area contributed by atoms with Crippen molar-refractivity contribution in [3.05, 3.63) is 34.0 Å². The fourth-order valence-electron chi connectivity index (χ4n) is 3.11. The predicted molar refractivity (Wildman–Crippen MR) is 95.6 cm³/mol. The lowest BCUT2D eigenvalue weighted by molar-refractivity contribution is -0.118. The van der Waals surface area contributed by atoms with Crippen molar-refractivity contribution in [2.24, 2.45) is 5.73 Å². The third-order valence-corrected chi connectivity index (χ3v) is 5.87. The van der Waals surface area contributed by atoms with Crippen molar-refractivity contribution in [2.75, 3.05) is 0 Å². The Labute approximate surface area is 147 Å². The van der Waals surface area contributed by atoms with E-state index in [1.807, 2.05) is 6.07 Å². The number of rotatable bonds is 3. The number of primary amides is 1. The summed E-state index contributed by atoms with van der Waals surface area (Å²) in [5.74, 6) is -0.575. The van der Waals surface area contributed by atoms with E-state index in [0.717, 1.165) is 34.3 Å². The number of thiophene rings is 1. The minimum Gasteiger partial charge on any atom is -0.370 e. The van der Waals surface area contributed by atoms with Gasteiger partial charge < -0.3 is 10.5 Å². The molecule has 4 rings (SSSR count). The molecule has 130 valence electrons. The fraction of sp³-hybridized carbons (Fsp3) is 0.412. The van der Waals surface area contributed by atoms with Gasteiger partial charge in [0.15, 0.2) is 0 Å². The van der Waals surface area contributed by atoms with Crippen molar-refractivity contribution >= 4 is 37.7 Å². The number of nitrogens with zero attached hydrogens (tertiary/aromatic N) is 3. The second-order valence-corrected chi connectivity index (χ2v) is 7.64. The average molecular weight is 358 g/mol. The lowest BCUT2D eigenvalue weighted by atomic mass is 9.91. The van der Waals surface area contributed by atoms with Gasteiger partial charge in [0.2, 0.25) is 5.91 Å². The molecule has 0 bridgehead atoms. The molecule has 1 aliphatic heterocycles. The van der Waals surface area contributed by atoms with Gasteiger partial charge in [-0.1, -0.05) is 6.92 Å². The minimum absolute atomic E-state index is 0.178. The summed E-state index contributed by atoms with van der Waals surface area (Å²) in [7, 11) is 0. The highest BCUT2D eigenvalue weighted by molar-refractivity contribution is 7.25. The first kappa shape index (κ1) is 16.2. The number of amides is 1. The summed E-state index contributed by atoms with van der Waals surface area (Å²) in [5, 5.41) is 0.853. The van der Waals surface area contributed by atoms with Crippen LogP contribution in [0.1, 0.15) is 31.5 Å². The zero-order chi connectivity index (χ0) is 17.8. The van der Waals surface area contributed by atoms with E-state index in [-0.39, 0.29) is 17.7 Å². The Bertz CT molecular complexity index is 1070. The number of hydrogen-bond acceptors (Lipinski definition) is 6. The molecular formula is C17H18N4O3S. The second-order valence-electron chi connectivity index (χ2n) is 6.64. The van der Waals surface area contributed by atoms with Gasteiger partial charge >= 0.3 is 0 Å². The molecule has 1 atom stereocenters. The van der Waals surface area contributed by atoms with Crippen LogP contribution in [-0.2, 0) is 29.1 Å². The summed E-state index contributed by atoms with van der Waals surface area (Å²) >= 11 is 1.31. The van der Waals surface area contributed by atoms with Crippen LogP contribution in [0.15, 0.2) is 17.2 Å². The molecule has 7 nitrogen and oxygen atoms in total. The van der Waals surface area contributed by atoms with Gasteiger partial charge in [0, 0.05) is 17.4 Å². The van der Waals surface area contributed by atoms with Crippen LogP contribution in [-0.4, -0.2) is 26.0 Å². The van der Waals surface area contributed by atoms with Gasteiger partial charge in [0.1, 0.15) is 16.1 Å². The molecule has 0 saturated heterocycles. The van der Waals surface area contributed by atoms with Crippen LogP contribution in [0.4, 0.5) is 0 Å². The van der Waals surface area contributed by atoms with Crippen LogP contribution < -0.4 is 11.3 Å². The first-order valence-electron chi connectivity index (χ1n) is 8.13. The van der Waals surface area contributed by atoms with Crippen molar-refractivity contribution in [1.82, 2.24) is 14.5 Å². The molecule has 4 heterocycles. The summed E-state index contributed by atoms with van der Waals surface area (Å²) in [6.45, 7) is 4.53. The van der Waals surface area contributed by atoms with E-state index in [9.17, 15) is 9.59 Å². The third kappa shape index (κ3) is 2.61. The minimum atomic E-state index is -0.575. The number of aromatic nitrogens is 3. The first-order chi connectivity index (χ1) is 11.9. The van der Waals surface area contributed by atoms with Gasteiger partial charge in [-0.05, 0) is 19.4 Å². The SMILES string of the molecule is CC[C@]1(C)Cc2nc3sc4c(=O)n(CC(N)=O)cnc4c3cc2CO1. The molecule has 0 saturated carbocycles.